The third-order valence-electron chi connectivity index (χ3n) is 4.53. The van der Waals surface area contributed by atoms with Gasteiger partial charge in [-0.1, -0.05) is 0 Å². The largest absolute Gasteiger partial charge is 0.416 e. The normalized spacial score (nSPS) is 15.4. The minimum absolute atomic E-state index is 0.0180. The third-order valence-corrected chi connectivity index (χ3v) is 4.53. The lowest BCUT2D eigenvalue weighted by Gasteiger charge is -2.26. The van der Waals surface area contributed by atoms with E-state index in [9.17, 15) is 35.9 Å². The Bertz CT molecular complexity index is 943. The molecule has 1 amide bonds. The first-order valence-corrected chi connectivity index (χ1v) is 8.65. The van der Waals surface area contributed by atoms with Gasteiger partial charge in [-0.15, -0.1) is 0 Å². The highest BCUT2D eigenvalue weighted by atomic mass is 19.4. The van der Waals surface area contributed by atoms with Gasteiger partial charge in [0.2, 0.25) is 0 Å². The standard InChI is InChI=1S/C18H15F6N3O2/c19-17(20,21)11-6-10(7-12(8-11)18(22,23)24)14-25-9-13(15(28)26-14)16(29)27-4-2-1-3-5-27/h6-9H,1-5H2,(H,25,26,28). The van der Waals surface area contributed by atoms with Crippen LogP contribution in [0, 0.1) is 0 Å². The summed E-state index contributed by atoms with van der Waals surface area (Å²) in [4.78, 5) is 32.0. The fraction of sp³-hybridized carbons (Fsp3) is 0.389. The average Bonchev–Trinajstić information content (AvgIpc) is 2.66. The van der Waals surface area contributed by atoms with E-state index in [0.29, 0.717) is 25.2 Å². The molecule has 0 radical (unpaired) electrons. The zero-order chi connectivity index (χ0) is 21.4. The number of rotatable bonds is 2. The molecule has 2 heterocycles. The molecule has 0 unspecified atom stereocenters. The van der Waals surface area contributed by atoms with Gasteiger partial charge < -0.3 is 9.88 Å². The Morgan fingerprint density at radius 2 is 1.48 bits per heavy atom. The zero-order valence-corrected chi connectivity index (χ0v) is 14.8. The van der Waals surface area contributed by atoms with Crippen LogP contribution in [0.15, 0.2) is 29.2 Å². The van der Waals surface area contributed by atoms with E-state index in [-0.39, 0.29) is 11.6 Å². The third kappa shape index (κ3) is 4.60. The summed E-state index contributed by atoms with van der Waals surface area (Å²) in [5, 5.41) is 0. The fourth-order valence-electron chi connectivity index (χ4n) is 3.05. The summed E-state index contributed by atoms with van der Waals surface area (Å²) in [6.45, 7) is 0.922. The average molecular weight is 419 g/mol. The highest BCUT2D eigenvalue weighted by Crippen LogP contribution is 2.37. The van der Waals surface area contributed by atoms with Gasteiger partial charge in [0.05, 0.1) is 11.1 Å². The first kappa shape index (κ1) is 20.9. The molecule has 0 atom stereocenters. The molecule has 0 saturated carbocycles. The van der Waals surface area contributed by atoms with Crippen molar-refractivity contribution in [3.63, 3.8) is 0 Å². The van der Waals surface area contributed by atoms with Crippen LogP contribution < -0.4 is 5.56 Å². The van der Waals surface area contributed by atoms with Crippen LogP contribution in [0.4, 0.5) is 26.3 Å². The lowest BCUT2D eigenvalue weighted by molar-refractivity contribution is -0.143. The van der Waals surface area contributed by atoms with Crippen LogP contribution in [0.5, 0.6) is 0 Å². The van der Waals surface area contributed by atoms with Crippen molar-refractivity contribution in [1.29, 1.82) is 0 Å². The van der Waals surface area contributed by atoms with Crippen molar-refractivity contribution in [2.45, 2.75) is 31.6 Å². The number of carbonyl (C=O) groups is 1. The summed E-state index contributed by atoms with van der Waals surface area (Å²) < 4.78 is 78.0. The minimum atomic E-state index is -5.03. The van der Waals surface area contributed by atoms with Crippen molar-refractivity contribution in [3.8, 4) is 11.4 Å². The van der Waals surface area contributed by atoms with Crippen LogP contribution in [0.1, 0.15) is 40.7 Å². The second-order valence-corrected chi connectivity index (χ2v) is 6.62. The summed E-state index contributed by atoms with van der Waals surface area (Å²) in [5.74, 6) is -1.08. The first-order valence-electron chi connectivity index (χ1n) is 8.65. The van der Waals surface area contributed by atoms with Crippen molar-refractivity contribution in [2.24, 2.45) is 0 Å². The number of nitrogens with zero attached hydrogens (tertiary/aromatic N) is 2. The molecule has 5 nitrogen and oxygen atoms in total. The second-order valence-electron chi connectivity index (χ2n) is 6.62. The quantitative estimate of drug-likeness (QED) is 0.746. The van der Waals surface area contributed by atoms with Gasteiger partial charge in [-0.3, -0.25) is 9.59 Å². The molecule has 0 aliphatic carbocycles. The Labute approximate surface area is 160 Å². The number of nitrogens with one attached hydrogen (secondary N) is 1. The van der Waals surface area contributed by atoms with Crippen LogP contribution in [-0.4, -0.2) is 33.9 Å². The van der Waals surface area contributed by atoms with Gasteiger partial charge in [0.25, 0.3) is 11.5 Å². The predicted molar refractivity (Wildman–Crippen MR) is 90.1 cm³/mol. The SMILES string of the molecule is O=C(c1cnc(-c2cc(C(F)(F)F)cc(C(F)(F)F)c2)[nH]c1=O)N1CCCCC1. The number of aromatic amines is 1. The highest BCUT2D eigenvalue weighted by molar-refractivity contribution is 5.93. The van der Waals surface area contributed by atoms with Crippen LogP contribution in [0.25, 0.3) is 11.4 Å². The number of carbonyl (C=O) groups excluding carboxylic acids is 1. The lowest BCUT2D eigenvalue weighted by atomic mass is 10.0. The van der Waals surface area contributed by atoms with E-state index in [4.69, 9.17) is 0 Å². The molecular weight excluding hydrogens is 404 g/mol. The molecule has 2 aromatic rings. The van der Waals surface area contributed by atoms with E-state index in [2.05, 4.69) is 9.97 Å². The summed E-state index contributed by atoms with van der Waals surface area (Å²) >= 11 is 0. The number of aromatic nitrogens is 2. The van der Waals surface area contributed by atoms with Gasteiger partial charge in [0.15, 0.2) is 0 Å². The second kappa shape index (κ2) is 7.53. The Morgan fingerprint density at radius 1 is 0.931 bits per heavy atom. The van der Waals surface area contributed by atoms with E-state index in [0.717, 1.165) is 25.5 Å². The molecular formula is C18H15F6N3O2. The highest BCUT2D eigenvalue weighted by Gasteiger charge is 2.37. The molecule has 1 aliphatic heterocycles. The molecule has 11 heteroatoms. The number of benzene rings is 1. The molecule has 0 bridgehead atoms. The van der Waals surface area contributed by atoms with E-state index in [1.165, 1.54) is 4.90 Å². The summed E-state index contributed by atoms with van der Waals surface area (Å²) in [7, 11) is 0. The van der Waals surface area contributed by atoms with E-state index < -0.39 is 46.3 Å². The molecule has 0 spiro atoms. The number of alkyl halides is 6. The lowest BCUT2D eigenvalue weighted by Crippen LogP contribution is -2.38. The monoisotopic (exact) mass is 419 g/mol. The number of halogens is 6. The molecule has 156 valence electrons. The maximum atomic E-state index is 13.0. The van der Waals surface area contributed by atoms with E-state index in [1.54, 1.807) is 0 Å². The first-order chi connectivity index (χ1) is 13.5. The molecule has 1 aliphatic rings. The number of piperidine rings is 1. The topological polar surface area (TPSA) is 66.1 Å². The van der Waals surface area contributed by atoms with Gasteiger partial charge in [0, 0.05) is 24.8 Å². The molecule has 1 saturated heterocycles. The summed E-state index contributed by atoms with van der Waals surface area (Å²) in [6, 6.07) is 0.898. The Balaban J connectivity index is 2.01. The Kier molecular flexibility index (Phi) is 5.42. The molecule has 1 N–H and O–H groups in total. The van der Waals surface area contributed by atoms with Gasteiger partial charge in [-0.2, -0.15) is 26.3 Å². The molecule has 1 fully saturated rings. The maximum absolute atomic E-state index is 13.0. The van der Waals surface area contributed by atoms with Crippen molar-refractivity contribution in [2.75, 3.05) is 13.1 Å². The van der Waals surface area contributed by atoms with Crippen LogP contribution in [0.3, 0.4) is 0 Å². The van der Waals surface area contributed by atoms with E-state index >= 15 is 0 Å². The Hall–Kier alpha value is -2.85. The molecule has 3 rings (SSSR count). The molecule has 29 heavy (non-hydrogen) atoms. The van der Waals surface area contributed by atoms with Crippen LogP contribution >= 0.6 is 0 Å². The molecule has 1 aromatic carbocycles. The van der Waals surface area contributed by atoms with Gasteiger partial charge >= 0.3 is 12.4 Å². The predicted octanol–water partition coefficient (Wildman–Crippen LogP) is 4.10. The van der Waals surface area contributed by atoms with Gasteiger partial charge in [-0.05, 0) is 37.5 Å². The van der Waals surface area contributed by atoms with Crippen molar-refractivity contribution in [1.82, 2.24) is 14.9 Å². The fourth-order valence-corrected chi connectivity index (χ4v) is 3.05. The maximum Gasteiger partial charge on any atom is 0.416 e. The number of likely N-dealkylation sites (tertiary alicyclic amines) is 1. The van der Waals surface area contributed by atoms with E-state index in [1.807, 2.05) is 0 Å². The number of H-pyrrole nitrogens is 1. The van der Waals surface area contributed by atoms with Crippen molar-refractivity contribution >= 4 is 5.91 Å². The minimum Gasteiger partial charge on any atom is -0.338 e. The number of hydrogen-bond acceptors (Lipinski definition) is 3. The Morgan fingerprint density at radius 3 is 1.97 bits per heavy atom. The summed E-state index contributed by atoms with van der Waals surface area (Å²) in [6.07, 6.45) is -6.67. The van der Waals surface area contributed by atoms with Gasteiger partial charge in [-0.25, -0.2) is 4.98 Å². The number of amides is 1. The molecule has 1 aromatic heterocycles. The smallest absolute Gasteiger partial charge is 0.338 e. The van der Waals surface area contributed by atoms with Crippen molar-refractivity contribution < 1.29 is 31.1 Å². The van der Waals surface area contributed by atoms with Crippen LogP contribution in [-0.2, 0) is 12.4 Å². The van der Waals surface area contributed by atoms with Gasteiger partial charge in [0.1, 0.15) is 11.4 Å². The zero-order valence-electron chi connectivity index (χ0n) is 14.8. The van der Waals surface area contributed by atoms with Crippen LogP contribution in [0.2, 0.25) is 0 Å². The summed E-state index contributed by atoms with van der Waals surface area (Å²) in [5.41, 5.74) is -4.88. The number of hydrogen-bond donors (Lipinski definition) is 1. The van der Waals surface area contributed by atoms with Crippen molar-refractivity contribution in [3.05, 3.63) is 51.4 Å².